The number of nitrogens with zero attached hydrogens (tertiary/aromatic N) is 7. The summed E-state index contributed by atoms with van der Waals surface area (Å²) in [7, 11) is 1.81. The van der Waals surface area contributed by atoms with Gasteiger partial charge in [0.05, 0.1) is 24.5 Å². The van der Waals surface area contributed by atoms with Crippen molar-refractivity contribution in [3.63, 3.8) is 0 Å². The van der Waals surface area contributed by atoms with Gasteiger partial charge in [-0.15, -0.1) is 10.2 Å². The van der Waals surface area contributed by atoms with Crippen LogP contribution in [0.15, 0.2) is 54.9 Å². The third kappa shape index (κ3) is 5.16. The molecule has 0 N–H and O–H groups in total. The highest BCUT2D eigenvalue weighted by Crippen LogP contribution is 2.40. The summed E-state index contributed by atoms with van der Waals surface area (Å²) in [6.07, 6.45) is 2.46. The molecule has 10 heteroatoms. The van der Waals surface area contributed by atoms with Crippen LogP contribution < -0.4 is 4.90 Å². The molecule has 0 aliphatic carbocycles. The molecule has 6 rings (SSSR count). The fraction of sp³-hybridized carbons (Fsp3) is 0.355. The van der Waals surface area contributed by atoms with Crippen LogP contribution in [-0.2, 0) is 11.3 Å². The second-order valence-corrected chi connectivity index (χ2v) is 12.1. The van der Waals surface area contributed by atoms with Crippen LogP contribution in [0.4, 0.5) is 16.2 Å². The first-order valence-electron chi connectivity index (χ1n) is 13.7. The smallest absolute Gasteiger partial charge is 0.410 e. The maximum Gasteiger partial charge on any atom is 0.410 e. The average molecular weight is 570 g/mol. The maximum absolute atomic E-state index is 12.5. The van der Waals surface area contributed by atoms with E-state index in [4.69, 9.17) is 22.9 Å². The fourth-order valence-electron chi connectivity index (χ4n) is 5.69. The van der Waals surface area contributed by atoms with Crippen molar-refractivity contribution in [3.05, 3.63) is 77.0 Å². The number of hydrogen-bond donors (Lipinski definition) is 0. The Balaban J connectivity index is 1.26. The molecule has 0 unspecified atom stereocenters. The van der Waals surface area contributed by atoms with Gasteiger partial charge in [0.25, 0.3) is 0 Å². The lowest BCUT2D eigenvalue weighted by molar-refractivity contribution is 0.0277. The molecule has 41 heavy (non-hydrogen) atoms. The molecular weight excluding hydrogens is 538 g/mol. The van der Waals surface area contributed by atoms with Gasteiger partial charge in [0.2, 0.25) is 0 Å². The third-order valence-electron chi connectivity index (χ3n) is 7.65. The standard InChI is InChI=1S/C31H32ClN7O2/c1-31(2,3)41-30(40)36(5)16-20-12-13-37(17-20)24-10-11-26-22(14-24)18-38-27(29-35-34-19-39(26)29)15-25(28(38)32)21-6-8-23(33-4)9-7-21/h6-11,14-15,19-20H,12-13,16-18H2,1-3,5H3/t20-/m0/s1. The fourth-order valence-corrected chi connectivity index (χ4v) is 6.00. The molecule has 1 fully saturated rings. The molecule has 0 spiro atoms. The Morgan fingerprint density at radius 2 is 1.98 bits per heavy atom. The Labute approximate surface area is 244 Å². The van der Waals surface area contributed by atoms with Gasteiger partial charge >= 0.3 is 6.09 Å². The Kier molecular flexibility index (Phi) is 6.74. The van der Waals surface area contributed by atoms with Gasteiger partial charge < -0.3 is 19.1 Å². The molecule has 210 valence electrons. The molecule has 2 aromatic heterocycles. The first-order chi connectivity index (χ1) is 19.6. The summed E-state index contributed by atoms with van der Waals surface area (Å²) in [6, 6.07) is 16.0. The lowest BCUT2D eigenvalue weighted by Gasteiger charge is -2.26. The largest absolute Gasteiger partial charge is 0.444 e. The number of halogens is 1. The summed E-state index contributed by atoms with van der Waals surface area (Å²) < 4.78 is 9.63. The van der Waals surface area contributed by atoms with Gasteiger partial charge in [0, 0.05) is 37.9 Å². The van der Waals surface area contributed by atoms with Gasteiger partial charge in [0.15, 0.2) is 11.5 Å². The normalized spacial score (nSPS) is 15.9. The Morgan fingerprint density at radius 1 is 1.20 bits per heavy atom. The molecule has 4 aromatic rings. The van der Waals surface area contributed by atoms with E-state index in [0.29, 0.717) is 29.8 Å². The average Bonchev–Trinajstić information content (AvgIpc) is 3.66. The minimum absolute atomic E-state index is 0.285. The second kappa shape index (κ2) is 10.3. The summed E-state index contributed by atoms with van der Waals surface area (Å²) in [5.41, 5.74) is 6.09. The van der Waals surface area contributed by atoms with Crippen LogP contribution in [0.25, 0.3) is 33.2 Å². The molecular formula is C31H32ClN7O2. The minimum Gasteiger partial charge on any atom is -0.444 e. The van der Waals surface area contributed by atoms with E-state index in [1.807, 2.05) is 44.5 Å². The Morgan fingerprint density at radius 3 is 2.71 bits per heavy atom. The SMILES string of the molecule is [C-]#[N+]c1ccc(-c2cc3n(c2Cl)Cc2cc(N4CC[C@@H](CN(C)C(=O)OC(C)(C)C)C4)ccc2-n2cnnc2-3)cc1. The van der Waals surface area contributed by atoms with Gasteiger partial charge in [-0.2, -0.15) is 0 Å². The molecule has 1 atom stereocenters. The molecule has 9 nitrogen and oxygen atoms in total. The zero-order valence-electron chi connectivity index (χ0n) is 23.6. The van der Waals surface area contributed by atoms with Crippen molar-refractivity contribution < 1.29 is 9.53 Å². The third-order valence-corrected chi connectivity index (χ3v) is 8.06. The van der Waals surface area contributed by atoms with E-state index >= 15 is 0 Å². The van der Waals surface area contributed by atoms with E-state index in [-0.39, 0.29) is 6.09 Å². The highest BCUT2D eigenvalue weighted by Gasteiger charge is 2.29. The number of benzene rings is 2. The lowest BCUT2D eigenvalue weighted by atomic mass is 10.1. The number of rotatable bonds is 4. The summed E-state index contributed by atoms with van der Waals surface area (Å²) in [5.74, 6) is 1.09. The van der Waals surface area contributed by atoms with Crippen LogP contribution in [0.2, 0.25) is 5.15 Å². The van der Waals surface area contributed by atoms with Crippen LogP contribution in [0.1, 0.15) is 32.8 Å². The zero-order chi connectivity index (χ0) is 28.9. The second-order valence-electron chi connectivity index (χ2n) is 11.8. The number of carbonyl (C=O) groups excluding carboxylic acids is 1. The van der Waals surface area contributed by atoms with Gasteiger partial charge in [-0.05, 0) is 68.5 Å². The van der Waals surface area contributed by atoms with Crippen molar-refractivity contribution in [2.75, 3.05) is 31.6 Å². The van der Waals surface area contributed by atoms with Crippen molar-refractivity contribution in [1.82, 2.24) is 24.2 Å². The van der Waals surface area contributed by atoms with Crippen molar-refractivity contribution >= 4 is 29.1 Å². The van der Waals surface area contributed by atoms with E-state index < -0.39 is 5.60 Å². The van der Waals surface area contributed by atoms with E-state index in [9.17, 15) is 4.79 Å². The molecule has 2 aliphatic heterocycles. The van der Waals surface area contributed by atoms with Gasteiger partial charge in [0.1, 0.15) is 17.1 Å². The zero-order valence-corrected chi connectivity index (χ0v) is 24.4. The molecule has 4 heterocycles. The predicted molar refractivity (Wildman–Crippen MR) is 160 cm³/mol. The Bertz CT molecular complexity index is 1660. The molecule has 0 radical (unpaired) electrons. The predicted octanol–water partition coefficient (Wildman–Crippen LogP) is 6.66. The molecule has 1 amide bonds. The van der Waals surface area contributed by atoms with Crippen LogP contribution in [0.5, 0.6) is 0 Å². The quantitative estimate of drug-likeness (QED) is 0.226. The minimum atomic E-state index is -0.508. The summed E-state index contributed by atoms with van der Waals surface area (Å²) in [6.45, 7) is 15.9. The van der Waals surface area contributed by atoms with E-state index in [1.165, 1.54) is 0 Å². The van der Waals surface area contributed by atoms with Crippen molar-refractivity contribution in [2.45, 2.75) is 39.3 Å². The first-order valence-corrected chi connectivity index (χ1v) is 14.1. The number of anilines is 1. The number of aromatic nitrogens is 4. The van der Waals surface area contributed by atoms with Crippen LogP contribution >= 0.6 is 11.6 Å². The molecule has 2 aliphatic rings. The van der Waals surface area contributed by atoms with Gasteiger partial charge in [-0.3, -0.25) is 4.57 Å². The summed E-state index contributed by atoms with van der Waals surface area (Å²) in [5, 5.41) is 9.29. The number of ether oxygens (including phenoxy) is 1. The molecule has 0 bridgehead atoms. The number of hydrogen-bond acceptors (Lipinski definition) is 5. The Hall–Kier alpha value is -4.29. The molecule has 2 aromatic carbocycles. The van der Waals surface area contributed by atoms with Crippen molar-refractivity contribution in [3.8, 4) is 28.3 Å². The van der Waals surface area contributed by atoms with E-state index in [2.05, 4.69) is 48.8 Å². The van der Waals surface area contributed by atoms with E-state index in [1.54, 1.807) is 23.4 Å². The first kappa shape index (κ1) is 26.9. The van der Waals surface area contributed by atoms with Gasteiger partial charge in [-0.1, -0.05) is 35.9 Å². The van der Waals surface area contributed by atoms with Crippen molar-refractivity contribution in [2.24, 2.45) is 5.92 Å². The topological polar surface area (TPSA) is 72.8 Å². The molecule has 0 saturated carbocycles. The molecule has 1 saturated heterocycles. The number of amides is 1. The van der Waals surface area contributed by atoms with Crippen LogP contribution in [0, 0.1) is 12.5 Å². The van der Waals surface area contributed by atoms with E-state index in [0.717, 1.165) is 59.1 Å². The lowest BCUT2D eigenvalue weighted by Crippen LogP contribution is -2.37. The summed E-state index contributed by atoms with van der Waals surface area (Å²) in [4.78, 5) is 20.0. The highest BCUT2D eigenvalue weighted by molar-refractivity contribution is 6.32. The summed E-state index contributed by atoms with van der Waals surface area (Å²) >= 11 is 7.02. The number of carbonyl (C=O) groups is 1. The van der Waals surface area contributed by atoms with Gasteiger partial charge in [-0.25, -0.2) is 9.64 Å². The highest BCUT2D eigenvalue weighted by atomic mass is 35.5. The van der Waals surface area contributed by atoms with Crippen molar-refractivity contribution in [1.29, 1.82) is 0 Å². The van der Waals surface area contributed by atoms with Crippen LogP contribution in [0.3, 0.4) is 0 Å². The monoisotopic (exact) mass is 569 g/mol. The maximum atomic E-state index is 12.5. The number of fused-ring (bicyclic) bond motifs is 5. The van der Waals surface area contributed by atoms with Crippen LogP contribution in [-0.4, -0.2) is 62.6 Å².